The molecule has 3 atom stereocenters. The number of likely N-dealkylation sites (tertiary alicyclic amines) is 1. The van der Waals surface area contributed by atoms with Gasteiger partial charge in [-0.25, -0.2) is 0 Å². The summed E-state index contributed by atoms with van der Waals surface area (Å²) in [5.41, 5.74) is 0.606. The maximum Gasteiger partial charge on any atom is 0.0938 e. The monoisotopic (exact) mass is 305 g/mol. The van der Waals surface area contributed by atoms with Crippen molar-refractivity contribution in [1.82, 2.24) is 4.90 Å². The zero-order chi connectivity index (χ0) is 14.0. The molecule has 1 saturated heterocycles. The summed E-state index contributed by atoms with van der Waals surface area (Å²) in [6, 6.07) is 5.16. The number of halogens is 2. The van der Waals surface area contributed by atoms with Crippen molar-refractivity contribution in [3.05, 3.63) is 33.8 Å². The lowest BCUT2D eigenvalue weighted by Crippen LogP contribution is -2.24. The molecule has 106 valence electrons. The molecule has 4 nitrogen and oxygen atoms in total. The van der Waals surface area contributed by atoms with Crippen LogP contribution in [-0.2, 0) is 0 Å². The summed E-state index contributed by atoms with van der Waals surface area (Å²) in [5.74, 6) is 0. The summed E-state index contributed by atoms with van der Waals surface area (Å²) in [4.78, 5) is 1.91. The molecule has 3 N–H and O–H groups in total. The second-order valence-electron chi connectivity index (χ2n) is 4.84. The fraction of sp³-hybridized carbons (Fsp3) is 0.538. The van der Waals surface area contributed by atoms with Gasteiger partial charge in [0.2, 0.25) is 0 Å². The maximum absolute atomic E-state index is 10.1. The Morgan fingerprint density at radius 3 is 2.47 bits per heavy atom. The van der Waals surface area contributed by atoms with E-state index in [1.807, 2.05) is 4.90 Å². The fourth-order valence-electron chi connectivity index (χ4n) is 2.27. The Hall–Kier alpha value is -0.360. The van der Waals surface area contributed by atoms with Crippen molar-refractivity contribution in [2.75, 3.05) is 19.6 Å². The number of rotatable bonds is 4. The van der Waals surface area contributed by atoms with E-state index >= 15 is 0 Å². The van der Waals surface area contributed by atoms with Crippen LogP contribution in [0.5, 0.6) is 0 Å². The van der Waals surface area contributed by atoms with E-state index in [2.05, 4.69) is 0 Å². The Morgan fingerprint density at radius 2 is 1.84 bits per heavy atom. The standard InChI is InChI=1S/C13H17Cl2NO3/c14-9-3-1-2-8(13(9)15)10(17)4-5-16-6-11(18)12(19)7-16/h1-3,10-12,17-19H,4-7H2. The molecule has 0 aliphatic carbocycles. The highest BCUT2D eigenvalue weighted by Gasteiger charge is 2.29. The molecule has 1 aliphatic rings. The molecule has 19 heavy (non-hydrogen) atoms. The van der Waals surface area contributed by atoms with Gasteiger partial charge in [0.1, 0.15) is 0 Å². The summed E-state index contributed by atoms with van der Waals surface area (Å²) in [6.07, 6.45) is -1.64. The highest BCUT2D eigenvalue weighted by atomic mass is 35.5. The second-order valence-corrected chi connectivity index (χ2v) is 5.63. The molecule has 0 saturated carbocycles. The van der Waals surface area contributed by atoms with Crippen molar-refractivity contribution in [3.8, 4) is 0 Å². The van der Waals surface area contributed by atoms with Gasteiger partial charge in [-0.15, -0.1) is 0 Å². The molecule has 1 heterocycles. The van der Waals surface area contributed by atoms with Gasteiger partial charge in [-0.2, -0.15) is 0 Å². The fourth-order valence-corrected chi connectivity index (χ4v) is 2.70. The van der Waals surface area contributed by atoms with Crippen molar-refractivity contribution in [1.29, 1.82) is 0 Å². The minimum absolute atomic E-state index is 0.373. The van der Waals surface area contributed by atoms with E-state index in [0.717, 1.165) is 0 Å². The van der Waals surface area contributed by atoms with E-state index in [0.29, 0.717) is 41.7 Å². The minimum Gasteiger partial charge on any atom is -0.389 e. The number of β-amino-alcohol motifs (C(OH)–C–C–N with tert-alkyl or cyclic N) is 2. The molecule has 0 bridgehead atoms. The van der Waals surface area contributed by atoms with E-state index in [4.69, 9.17) is 23.2 Å². The van der Waals surface area contributed by atoms with Crippen LogP contribution in [0.1, 0.15) is 18.1 Å². The Labute approximate surface area is 122 Å². The van der Waals surface area contributed by atoms with Gasteiger partial charge in [-0.3, -0.25) is 4.90 Å². The van der Waals surface area contributed by atoms with E-state index < -0.39 is 18.3 Å². The Kier molecular flexibility index (Phi) is 5.06. The van der Waals surface area contributed by atoms with Crippen LogP contribution < -0.4 is 0 Å². The lowest BCUT2D eigenvalue weighted by atomic mass is 10.1. The van der Waals surface area contributed by atoms with Crippen LogP contribution in [0.4, 0.5) is 0 Å². The van der Waals surface area contributed by atoms with E-state index in [1.54, 1.807) is 18.2 Å². The lowest BCUT2D eigenvalue weighted by molar-refractivity contribution is 0.0572. The van der Waals surface area contributed by atoms with Crippen LogP contribution in [0.25, 0.3) is 0 Å². The average Bonchev–Trinajstić information content (AvgIpc) is 2.69. The Morgan fingerprint density at radius 1 is 1.21 bits per heavy atom. The highest BCUT2D eigenvalue weighted by Crippen LogP contribution is 2.31. The largest absolute Gasteiger partial charge is 0.389 e. The highest BCUT2D eigenvalue weighted by molar-refractivity contribution is 6.42. The lowest BCUT2D eigenvalue weighted by Gasteiger charge is -2.18. The van der Waals surface area contributed by atoms with E-state index in [-0.39, 0.29) is 0 Å². The second kappa shape index (κ2) is 6.39. The van der Waals surface area contributed by atoms with E-state index in [1.165, 1.54) is 0 Å². The third-order valence-corrected chi connectivity index (χ3v) is 4.23. The van der Waals surface area contributed by atoms with E-state index in [9.17, 15) is 15.3 Å². The van der Waals surface area contributed by atoms with Crippen molar-refractivity contribution in [2.24, 2.45) is 0 Å². The number of aliphatic hydroxyl groups is 3. The molecular formula is C13H17Cl2NO3. The van der Waals surface area contributed by atoms with Crippen molar-refractivity contribution < 1.29 is 15.3 Å². The van der Waals surface area contributed by atoms with Crippen molar-refractivity contribution >= 4 is 23.2 Å². The van der Waals surface area contributed by atoms with Gasteiger partial charge in [0.25, 0.3) is 0 Å². The number of hydrogen-bond acceptors (Lipinski definition) is 4. The van der Waals surface area contributed by atoms with Gasteiger partial charge in [-0.05, 0) is 12.5 Å². The molecule has 2 rings (SSSR count). The molecule has 1 aromatic carbocycles. The van der Waals surface area contributed by atoms with Gasteiger partial charge in [0.05, 0.1) is 28.4 Å². The summed E-state index contributed by atoms with van der Waals surface area (Å²) < 4.78 is 0. The molecule has 6 heteroatoms. The molecule has 1 aliphatic heterocycles. The third-order valence-electron chi connectivity index (χ3n) is 3.39. The molecule has 0 radical (unpaired) electrons. The zero-order valence-corrected chi connectivity index (χ0v) is 11.8. The Balaban J connectivity index is 1.91. The van der Waals surface area contributed by atoms with Crippen molar-refractivity contribution in [2.45, 2.75) is 24.7 Å². The van der Waals surface area contributed by atoms with Gasteiger partial charge < -0.3 is 15.3 Å². The summed E-state index contributed by atoms with van der Waals surface area (Å²) in [5, 5.41) is 29.8. The molecule has 0 amide bonds. The van der Waals surface area contributed by atoms with Gasteiger partial charge >= 0.3 is 0 Å². The van der Waals surface area contributed by atoms with Crippen LogP contribution in [0, 0.1) is 0 Å². The number of aliphatic hydroxyl groups excluding tert-OH is 3. The van der Waals surface area contributed by atoms with Crippen LogP contribution in [0.3, 0.4) is 0 Å². The first kappa shape index (κ1) is 15.0. The average molecular weight is 306 g/mol. The van der Waals surface area contributed by atoms with Gasteiger partial charge in [-0.1, -0.05) is 35.3 Å². The SMILES string of the molecule is OC(CCN1CC(O)C(O)C1)c1cccc(Cl)c1Cl. The molecule has 0 aromatic heterocycles. The van der Waals surface area contributed by atoms with Crippen molar-refractivity contribution in [3.63, 3.8) is 0 Å². The zero-order valence-electron chi connectivity index (χ0n) is 10.3. The summed E-state index contributed by atoms with van der Waals surface area (Å²) >= 11 is 11.9. The predicted molar refractivity (Wildman–Crippen MR) is 74.5 cm³/mol. The molecule has 3 unspecified atom stereocenters. The van der Waals surface area contributed by atoms with Gasteiger partial charge in [0, 0.05) is 25.2 Å². The summed E-state index contributed by atoms with van der Waals surface area (Å²) in [6.45, 7) is 1.44. The maximum atomic E-state index is 10.1. The van der Waals surface area contributed by atoms with Crippen LogP contribution >= 0.6 is 23.2 Å². The van der Waals surface area contributed by atoms with Crippen LogP contribution in [-0.4, -0.2) is 52.1 Å². The van der Waals surface area contributed by atoms with Gasteiger partial charge in [0.15, 0.2) is 0 Å². The molecule has 1 fully saturated rings. The quantitative estimate of drug-likeness (QED) is 0.788. The predicted octanol–water partition coefficient (Wildman–Crippen LogP) is 1.45. The minimum atomic E-state index is -0.707. The first-order chi connectivity index (χ1) is 8.99. The summed E-state index contributed by atoms with van der Waals surface area (Å²) in [7, 11) is 0. The van der Waals surface area contributed by atoms with Crippen LogP contribution in [0.2, 0.25) is 10.0 Å². The van der Waals surface area contributed by atoms with Crippen LogP contribution in [0.15, 0.2) is 18.2 Å². The smallest absolute Gasteiger partial charge is 0.0938 e. The Bertz CT molecular complexity index is 434. The normalized spacial score (nSPS) is 25.7. The topological polar surface area (TPSA) is 63.9 Å². The third kappa shape index (κ3) is 3.60. The number of benzene rings is 1. The molecular weight excluding hydrogens is 289 g/mol. The number of nitrogens with zero attached hydrogens (tertiary/aromatic N) is 1. The first-order valence-corrected chi connectivity index (χ1v) is 6.95. The first-order valence-electron chi connectivity index (χ1n) is 6.19. The molecule has 1 aromatic rings. The number of hydrogen-bond donors (Lipinski definition) is 3. The molecule has 0 spiro atoms.